The van der Waals surface area contributed by atoms with Gasteiger partial charge in [0.2, 0.25) is 11.8 Å². The molecular formula is C13H13Br2N3O2S. The number of anilines is 1. The van der Waals surface area contributed by atoms with Gasteiger partial charge in [-0.1, -0.05) is 25.6 Å². The lowest BCUT2D eigenvalue weighted by Crippen LogP contribution is -2.13. The topological polar surface area (TPSA) is 68.0 Å². The summed E-state index contributed by atoms with van der Waals surface area (Å²) in [6.07, 6.45) is 0. The van der Waals surface area contributed by atoms with Crippen molar-refractivity contribution in [2.45, 2.75) is 25.0 Å². The highest BCUT2D eigenvalue weighted by Gasteiger charge is 2.12. The van der Waals surface area contributed by atoms with Crippen molar-refractivity contribution in [3.05, 3.63) is 33.0 Å². The van der Waals surface area contributed by atoms with E-state index in [1.165, 1.54) is 11.8 Å². The molecule has 2 rings (SSSR count). The summed E-state index contributed by atoms with van der Waals surface area (Å²) in [6, 6.07) is 5.51. The van der Waals surface area contributed by atoms with Crippen LogP contribution in [0.15, 0.2) is 36.8 Å². The fraction of sp³-hybridized carbons (Fsp3) is 0.308. The van der Waals surface area contributed by atoms with Gasteiger partial charge in [-0.25, -0.2) is 0 Å². The molecule has 0 bridgehead atoms. The SMILES string of the molecule is CC(C)c1nnc(SCC(=O)Nc2ccc(Br)c(Br)c2)o1. The van der Waals surface area contributed by atoms with Gasteiger partial charge >= 0.3 is 0 Å². The Bertz CT molecular complexity index is 646. The van der Waals surface area contributed by atoms with Crippen LogP contribution in [0.25, 0.3) is 0 Å². The summed E-state index contributed by atoms with van der Waals surface area (Å²) in [5.74, 6) is 0.849. The summed E-state index contributed by atoms with van der Waals surface area (Å²) in [4.78, 5) is 11.9. The molecule has 0 atom stereocenters. The number of hydrogen-bond donors (Lipinski definition) is 1. The van der Waals surface area contributed by atoms with Gasteiger partial charge in [-0.2, -0.15) is 0 Å². The second-order valence-corrected chi connectivity index (χ2v) is 7.16. The first-order chi connectivity index (χ1) is 9.95. The number of benzene rings is 1. The van der Waals surface area contributed by atoms with Crippen LogP contribution in [0, 0.1) is 0 Å². The van der Waals surface area contributed by atoms with Gasteiger partial charge in [0.1, 0.15) is 0 Å². The van der Waals surface area contributed by atoms with Crippen molar-refractivity contribution in [3.8, 4) is 0 Å². The summed E-state index contributed by atoms with van der Waals surface area (Å²) in [7, 11) is 0. The fourth-order valence-corrected chi connectivity index (χ4v) is 2.61. The molecule has 1 N–H and O–H groups in total. The first-order valence-corrected chi connectivity index (χ1v) is 8.74. The summed E-state index contributed by atoms with van der Waals surface area (Å²) in [5, 5.41) is 11.0. The third kappa shape index (κ3) is 4.82. The maximum atomic E-state index is 11.9. The minimum atomic E-state index is -0.126. The lowest BCUT2D eigenvalue weighted by Gasteiger charge is -2.05. The van der Waals surface area contributed by atoms with E-state index in [1.54, 1.807) is 0 Å². The Labute approximate surface area is 143 Å². The Hall–Kier alpha value is -0.860. The molecule has 5 nitrogen and oxygen atoms in total. The number of nitrogens with zero attached hydrogens (tertiary/aromatic N) is 2. The molecule has 21 heavy (non-hydrogen) atoms. The molecule has 0 aliphatic rings. The predicted molar refractivity (Wildman–Crippen MR) is 89.6 cm³/mol. The molecule has 0 unspecified atom stereocenters. The van der Waals surface area contributed by atoms with E-state index in [0.29, 0.717) is 11.1 Å². The second kappa shape index (κ2) is 7.42. The largest absolute Gasteiger partial charge is 0.416 e. The average molecular weight is 435 g/mol. The quantitative estimate of drug-likeness (QED) is 0.704. The zero-order valence-electron chi connectivity index (χ0n) is 11.4. The standard InChI is InChI=1S/C13H13Br2N3O2S/c1-7(2)12-17-18-13(20-12)21-6-11(19)16-8-3-4-9(14)10(15)5-8/h3-5,7H,6H2,1-2H3,(H,16,19). The zero-order valence-corrected chi connectivity index (χ0v) is 15.4. The number of hydrogen-bond acceptors (Lipinski definition) is 5. The van der Waals surface area contributed by atoms with E-state index >= 15 is 0 Å². The van der Waals surface area contributed by atoms with Crippen molar-refractivity contribution < 1.29 is 9.21 Å². The van der Waals surface area contributed by atoms with Crippen molar-refractivity contribution in [3.63, 3.8) is 0 Å². The number of halogens is 2. The lowest BCUT2D eigenvalue weighted by atomic mass is 10.2. The highest BCUT2D eigenvalue weighted by Crippen LogP contribution is 2.26. The van der Waals surface area contributed by atoms with Gasteiger partial charge in [-0.05, 0) is 50.1 Å². The van der Waals surface area contributed by atoms with Crippen LogP contribution < -0.4 is 5.32 Å². The monoisotopic (exact) mass is 433 g/mol. The third-order valence-corrected chi connectivity index (χ3v) is 5.14. The Balaban J connectivity index is 1.88. The average Bonchev–Trinajstić information content (AvgIpc) is 2.90. The van der Waals surface area contributed by atoms with Crippen LogP contribution >= 0.6 is 43.6 Å². The molecule has 2 aromatic rings. The number of thioether (sulfide) groups is 1. The fourth-order valence-electron chi connectivity index (χ4n) is 1.41. The Morgan fingerprint density at radius 1 is 1.33 bits per heavy atom. The minimum absolute atomic E-state index is 0.126. The van der Waals surface area contributed by atoms with Gasteiger partial charge < -0.3 is 9.73 Å². The number of nitrogens with one attached hydrogen (secondary N) is 1. The molecule has 1 aromatic heterocycles. The van der Waals surface area contributed by atoms with Crippen molar-refractivity contribution >= 4 is 55.2 Å². The molecule has 0 spiro atoms. The van der Waals surface area contributed by atoms with Crippen molar-refractivity contribution in [1.82, 2.24) is 10.2 Å². The molecule has 112 valence electrons. The lowest BCUT2D eigenvalue weighted by molar-refractivity contribution is -0.113. The molecule has 0 radical (unpaired) electrons. The first kappa shape index (κ1) is 16.5. The predicted octanol–water partition coefficient (Wildman–Crippen LogP) is 4.45. The molecule has 1 amide bonds. The molecule has 1 aromatic carbocycles. The van der Waals surface area contributed by atoms with Crippen LogP contribution in [-0.2, 0) is 4.79 Å². The Morgan fingerprint density at radius 3 is 2.71 bits per heavy atom. The molecular weight excluding hydrogens is 422 g/mol. The van der Waals surface area contributed by atoms with E-state index in [-0.39, 0.29) is 17.6 Å². The van der Waals surface area contributed by atoms with Gasteiger partial charge in [0.15, 0.2) is 0 Å². The number of aromatic nitrogens is 2. The summed E-state index contributed by atoms with van der Waals surface area (Å²) in [5.41, 5.74) is 0.726. The van der Waals surface area contributed by atoms with E-state index in [1.807, 2.05) is 32.0 Å². The minimum Gasteiger partial charge on any atom is -0.416 e. The maximum absolute atomic E-state index is 11.9. The van der Waals surface area contributed by atoms with Gasteiger partial charge in [0, 0.05) is 20.6 Å². The molecule has 0 saturated carbocycles. The highest BCUT2D eigenvalue weighted by molar-refractivity contribution is 9.13. The van der Waals surface area contributed by atoms with Crippen LogP contribution in [0.4, 0.5) is 5.69 Å². The highest BCUT2D eigenvalue weighted by atomic mass is 79.9. The maximum Gasteiger partial charge on any atom is 0.277 e. The summed E-state index contributed by atoms with van der Waals surface area (Å²) in [6.45, 7) is 3.94. The van der Waals surface area contributed by atoms with Crippen LogP contribution in [0.1, 0.15) is 25.7 Å². The normalized spacial score (nSPS) is 10.9. The zero-order chi connectivity index (χ0) is 15.4. The first-order valence-electron chi connectivity index (χ1n) is 6.17. The van der Waals surface area contributed by atoms with E-state index in [2.05, 4.69) is 47.4 Å². The van der Waals surface area contributed by atoms with E-state index < -0.39 is 0 Å². The summed E-state index contributed by atoms with van der Waals surface area (Å²) >= 11 is 7.99. The van der Waals surface area contributed by atoms with Crippen LogP contribution in [-0.4, -0.2) is 21.9 Å². The smallest absolute Gasteiger partial charge is 0.277 e. The van der Waals surface area contributed by atoms with Crippen LogP contribution in [0.3, 0.4) is 0 Å². The van der Waals surface area contributed by atoms with E-state index in [4.69, 9.17) is 4.42 Å². The molecule has 0 saturated heterocycles. The third-order valence-electron chi connectivity index (χ3n) is 2.45. The van der Waals surface area contributed by atoms with Gasteiger partial charge in [-0.15, -0.1) is 10.2 Å². The van der Waals surface area contributed by atoms with Crippen molar-refractivity contribution in [1.29, 1.82) is 0 Å². The number of carbonyl (C=O) groups is 1. The van der Waals surface area contributed by atoms with Gasteiger partial charge in [0.05, 0.1) is 5.75 Å². The Morgan fingerprint density at radius 2 is 2.10 bits per heavy atom. The summed E-state index contributed by atoms with van der Waals surface area (Å²) < 4.78 is 7.24. The van der Waals surface area contributed by atoms with Gasteiger partial charge in [-0.3, -0.25) is 4.79 Å². The number of carbonyl (C=O) groups excluding carboxylic acids is 1. The second-order valence-electron chi connectivity index (χ2n) is 4.53. The van der Waals surface area contributed by atoms with Crippen molar-refractivity contribution in [2.75, 3.05) is 11.1 Å². The number of amides is 1. The molecule has 0 aliphatic heterocycles. The van der Waals surface area contributed by atoms with Crippen LogP contribution in [0.2, 0.25) is 0 Å². The molecule has 8 heteroatoms. The Kier molecular flexibility index (Phi) is 5.83. The van der Waals surface area contributed by atoms with Crippen molar-refractivity contribution in [2.24, 2.45) is 0 Å². The van der Waals surface area contributed by atoms with Gasteiger partial charge in [0.25, 0.3) is 5.22 Å². The number of rotatable bonds is 5. The molecule has 0 fully saturated rings. The molecule has 0 aliphatic carbocycles. The van der Waals surface area contributed by atoms with E-state index in [0.717, 1.165) is 14.6 Å². The molecule has 1 heterocycles. The van der Waals surface area contributed by atoms with Crippen LogP contribution in [0.5, 0.6) is 0 Å². The van der Waals surface area contributed by atoms with E-state index in [9.17, 15) is 4.79 Å².